The van der Waals surface area contributed by atoms with Gasteiger partial charge in [-0.2, -0.15) is 0 Å². The Morgan fingerprint density at radius 1 is 1.08 bits per heavy atom. The molecule has 72 valence electrons. The number of rotatable bonds is 0. The quantitative estimate of drug-likeness (QED) is 0.625. The fourth-order valence-corrected chi connectivity index (χ4v) is 1.61. The summed E-state index contributed by atoms with van der Waals surface area (Å²) in [7, 11) is 0. The van der Waals surface area contributed by atoms with Crippen LogP contribution in [0.4, 0.5) is 0 Å². The second-order valence-corrected chi connectivity index (χ2v) is 4.55. The van der Waals surface area contributed by atoms with Crippen LogP contribution in [-0.4, -0.2) is 0 Å². The van der Waals surface area contributed by atoms with Crippen molar-refractivity contribution in [3.63, 3.8) is 0 Å². The van der Waals surface area contributed by atoms with Gasteiger partial charge in [-0.25, -0.2) is 0 Å². The van der Waals surface area contributed by atoms with Crippen LogP contribution in [0.1, 0.15) is 26.2 Å². The zero-order valence-electron chi connectivity index (χ0n) is 7.92. The van der Waals surface area contributed by atoms with Crippen molar-refractivity contribution in [3.05, 3.63) is 46.1 Å². The van der Waals surface area contributed by atoms with Crippen LogP contribution >= 0.6 is 0 Å². The molecule has 0 saturated heterocycles. The van der Waals surface area contributed by atoms with E-state index in [-0.39, 0.29) is 0 Å². The van der Waals surface area contributed by atoms with Gasteiger partial charge in [-0.05, 0) is 12.8 Å². The Kier molecular flexibility index (Phi) is 5.03. The molecule has 2 aliphatic carbocycles. The van der Waals surface area contributed by atoms with E-state index in [0.29, 0.717) is 0 Å². The van der Waals surface area contributed by atoms with Gasteiger partial charge in [0.2, 0.25) is 0 Å². The normalized spacial score (nSPS) is 19.0. The summed E-state index contributed by atoms with van der Waals surface area (Å²) in [6.07, 6.45) is 16.5. The minimum atomic E-state index is 1.17. The molecule has 0 heterocycles. The van der Waals surface area contributed by atoms with Crippen molar-refractivity contribution in [2.24, 2.45) is 0 Å². The fourth-order valence-electron chi connectivity index (χ4n) is 1.12. The van der Waals surface area contributed by atoms with Crippen LogP contribution in [0.3, 0.4) is 0 Å². The Morgan fingerprint density at radius 3 is 1.85 bits per heavy atom. The summed E-state index contributed by atoms with van der Waals surface area (Å²) < 4.78 is 1.51. The number of hydrogen-bond acceptors (Lipinski definition) is 0. The first kappa shape index (κ1) is 10.7. The van der Waals surface area contributed by atoms with Gasteiger partial charge in [0.25, 0.3) is 0 Å². The molecule has 0 aromatic rings. The molecule has 0 N–H and O–H groups in total. The van der Waals surface area contributed by atoms with Crippen LogP contribution in [0.2, 0.25) is 0 Å². The average molecular weight is 351 g/mol. The average Bonchev–Trinajstić information content (AvgIpc) is 2.55. The first-order chi connectivity index (χ1) is 6.30. The maximum atomic E-state index is 2.20. The second-order valence-electron chi connectivity index (χ2n) is 3.10. The fraction of sp³-hybridized carbons (Fsp3) is 0.333. The van der Waals surface area contributed by atoms with Crippen molar-refractivity contribution in [3.8, 4) is 0 Å². The van der Waals surface area contributed by atoms with Gasteiger partial charge in [-0.1, -0.05) is 24.3 Å². The van der Waals surface area contributed by atoms with Crippen molar-refractivity contribution in [2.75, 3.05) is 0 Å². The predicted molar refractivity (Wildman–Crippen MR) is 54.0 cm³/mol. The first-order valence-corrected chi connectivity index (χ1v) is 5.81. The van der Waals surface area contributed by atoms with Crippen LogP contribution in [-0.2, 0) is 18.9 Å². The molecule has 0 aliphatic heterocycles. The minimum absolute atomic E-state index is 1.17. The molecule has 0 spiro atoms. The monoisotopic (exact) mass is 352 g/mol. The van der Waals surface area contributed by atoms with E-state index in [1.54, 1.807) is 0 Å². The van der Waals surface area contributed by atoms with Gasteiger partial charge in [0.05, 0.1) is 0 Å². The van der Waals surface area contributed by atoms with Crippen molar-refractivity contribution >= 4 is 0 Å². The summed E-state index contributed by atoms with van der Waals surface area (Å²) in [4.78, 5) is 0. The van der Waals surface area contributed by atoms with E-state index in [0.717, 1.165) is 0 Å². The van der Waals surface area contributed by atoms with Crippen LogP contribution in [0.15, 0.2) is 46.1 Å². The predicted octanol–water partition coefficient (Wildman–Crippen LogP) is 3.66. The molecule has 0 bridgehead atoms. The molecule has 0 saturated carbocycles. The number of hydrogen-bond donors (Lipinski definition) is 0. The molecular weight excluding hydrogens is 336 g/mol. The molecule has 2 rings (SSSR count). The van der Waals surface area contributed by atoms with Crippen molar-refractivity contribution in [1.82, 2.24) is 0 Å². The van der Waals surface area contributed by atoms with E-state index in [4.69, 9.17) is 0 Å². The van der Waals surface area contributed by atoms with E-state index >= 15 is 0 Å². The zero-order valence-corrected chi connectivity index (χ0v) is 10.3. The molecule has 2 aliphatic rings. The molecule has 0 aromatic carbocycles. The first-order valence-electron chi connectivity index (χ1n) is 4.62. The second kappa shape index (κ2) is 6.12. The van der Waals surface area contributed by atoms with Gasteiger partial charge in [-0.3, -0.25) is 0 Å². The van der Waals surface area contributed by atoms with Gasteiger partial charge in [-0.15, -0.1) is 0 Å². The Morgan fingerprint density at radius 2 is 1.69 bits per heavy atom. The van der Waals surface area contributed by atoms with Crippen LogP contribution in [0.5, 0.6) is 0 Å². The third kappa shape index (κ3) is 4.40. The van der Waals surface area contributed by atoms with Gasteiger partial charge in [0.1, 0.15) is 0 Å². The molecule has 0 amide bonds. The summed E-state index contributed by atoms with van der Waals surface area (Å²) in [5.74, 6) is 0. The molecule has 0 radical (unpaired) electrons. The van der Waals surface area contributed by atoms with Crippen LogP contribution in [0.25, 0.3) is 0 Å². The van der Waals surface area contributed by atoms with E-state index in [1.165, 1.54) is 28.9 Å². The molecular formula is C12H15Ir. The molecule has 0 unspecified atom stereocenters. The Hall–Kier alpha value is -0.391. The zero-order chi connectivity index (χ0) is 9.52. The molecule has 0 aromatic heterocycles. The third-order valence-corrected chi connectivity index (χ3v) is 3.38. The van der Waals surface area contributed by atoms with Crippen molar-refractivity contribution < 1.29 is 18.9 Å². The summed E-state index contributed by atoms with van der Waals surface area (Å²) >= 11 is 2.18. The SMILES string of the molecule is C1=CCCC=C1.CC1=[C]([Ir])CC=C1. The van der Waals surface area contributed by atoms with E-state index < -0.39 is 0 Å². The Labute approximate surface area is 91.3 Å². The topological polar surface area (TPSA) is 0 Å². The molecule has 0 nitrogen and oxygen atoms in total. The van der Waals surface area contributed by atoms with Gasteiger partial charge >= 0.3 is 54.1 Å². The summed E-state index contributed by atoms with van der Waals surface area (Å²) in [5, 5.41) is 0. The van der Waals surface area contributed by atoms with Crippen molar-refractivity contribution in [1.29, 1.82) is 0 Å². The Bertz CT molecular complexity index is 255. The van der Waals surface area contributed by atoms with Gasteiger partial charge in [0, 0.05) is 0 Å². The summed E-state index contributed by atoms with van der Waals surface area (Å²) in [6.45, 7) is 2.15. The Balaban J connectivity index is 0.000000132. The van der Waals surface area contributed by atoms with Crippen molar-refractivity contribution in [2.45, 2.75) is 26.2 Å². The van der Waals surface area contributed by atoms with E-state index in [1.807, 2.05) is 0 Å². The van der Waals surface area contributed by atoms with E-state index in [9.17, 15) is 0 Å². The summed E-state index contributed by atoms with van der Waals surface area (Å²) in [5.41, 5.74) is 1.44. The van der Waals surface area contributed by atoms with Crippen LogP contribution in [0, 0.1) is 0 Å². The number of allylic oxidation sites excluding steroid dienone is 8. The molecule has 0 fully saturated rings. The molecule has 13 heavy (non-hydrogen) atoms. The maximum absolute atomic E-state index is 2.20. The summed E-state index contributed by atoms with van der Waals surface area (Å²) in [6, 6.07) is 0. The van der Waals surface area contributed by atoms with E-state index in [2.05, 4.69) is 62.3 Å². The van der Waals surface area contributed by atoms with Gasteiger partial charge < -0.3 is 0 Å². The molecule has 0 atom stereocenters. The molecule has 1 heteroatoms. The standard InChI is InChI=1S/C6H7.C6H8.Ir/c1-6-4-2-3-5-6;1-2-4-6-5-3-1;/h2,4H,3H2,1H3;1-4H,5-6H2;. The third-order valence-electron chi connectivity index (χ3n) is 1.95. The van der Waals surface area contributed by atoms with Crippen LogP contribution < -0.4 is 0 Å². The van der Waals surface area contributed by atoms with Gasteiger partial charge in [0.15, 0.2) is 0 Å².